The van der Waals surface area contributed by atoms with Crippen LogP contribution in [0, 0.1) is 0 Å². The molecular weight excluding hydrogens is 191 g/mol. The van der Waals surface area contributed by atoms with Crippen LogP contribution in [0.3, 0.4) is 0 Å². The van der Waals surface area contributed by atoms with Crippen molar-refractivity contribution in [1.82, 2.24) is 0 Å². The molecule has 0 heterocycles. The summed E-state index contributed by atoms with van der Waals surface area (Å²) in [6.07, 6.45) is 0. The minimum absolute atomic E-state index is 0. The van der Waals surface area contributed by atoms with Gasteiger partial charge in [-0.15, -0.1) is 0 Å². The average molecular weight is 206 g/mol. The summed E-state index contributed by atoms with van der Waals surface area (Å²) in [6, 6.07) is 0. The third kappa shape index (κ3) is 22.5. The third-order valence-corrected chi connectivity index (χ3v) is 1.73. The van der Waals surface area contributed by atoms with E-state index in [1.807, 2.05) is 0 Å². The maximum atomic E-state index is 8.25. The molecule has 0 bridgehead atoms. The van der Waals surface area contributed by atoms with Gasteiger partial charge in [-0.3, -0.25) is 0 Å². The molecule has 0 atom stereocenters. The standard InChI is InChI=1S/5CH3O.Al.Mg/c5*1-2;;/h5*1H3;;/q5*-1;+3;+2. The molecule has 0 unspecified atom stereocenters. The van der Waals surface area contributed by atoms with Crippen molar-refractivity contribution in [2.75, 3.05) is 35.5 Å². The molecule has 12 heavy (non-hydrogen) atoms. The van der Waals surface area contributed by atoms with E-state index in [0.29, 0.717) is 0 Å². The zero-order valence-electron chi connectivity index (χ0n) is 8.33. The van der Waals surface area contributed by atoms with E-state index in [2.05, 4.69) is 0 Å². The Bertz CT molecular complexity index is 41.3. The topological polar surface area (TPSA) is 73.8 Å². The van der Waals surface area contributed by atoms with E-state index < -0.39 is 15.1 Å². The summed E-state index contributed by atoms with van der Waals surface area (Å²) in [5, 5.41) is 16.5. The Balaban J connectivity index is -0.0000000560. The summed E-state index contributed by atoms with van der Waals surface area (Å²) in [5.41, 5.74) is 0. The minimum Gasteiger partial charge on any atom is -0.857 e. The molecule has 0 N–H and O–H groups in total. The molecule has 0 spiro atoms. The van der Waals surface area contributed by atoms with Gasteiger partial charge in [-0.25, -0.2) is 0 Å². The molecule has 0 aromatic carbocycles. The molecule has 0 aliphatic rings. The molecule has 0 aromatic heterocycles. The van der Waals surface area contributed by atoms with E-state index in [4.69, 9.17) is 21.6 Å². The monoisotopic (exact) mass is 206 g/mol. The van der Waals surface area contributed by atoms with Crippen LogP contribution < -0.4 is 10.2 Å². The molecule has 0 radical (unpaired) electrons. The third-order valence-electron chi connectivity index (χ3n) is 0.577. The SMILES string of the molecule is C[O-].C[O-].C[O][Al]([O]C)[O]C.[Mg+2]. The van der Waals surface area contributed by atoms with Crippen molar-refractivity contribution in [3.8, 4) is 0 Å². The molecule has 0 fully saturated rings. The van der Waals surface area contributed by atoms with Gasteiger partial charge < -0.3 is 21.6 Å². The quantitative estimate of drug-likeness (QED) is 0.477. The van der Waals surface area contributed by atoms with Gasteiger partial charge in [0.2, 0.25) is 0 Å². The van der Waals surface area contributed by atoms with E-state index in [9.17, 15) is 0 Å². The summed E-state index contributed by atoms with van der Waals surface area (Å²) in [6.45, 7) is 0. The van der Waals surface area contributed by atoms with Gasteiger partial charge >= 0.3 is 38.2 Å². The molecular formula is C5H15AlMgO5. The first-order valence-corrected chi connectivity index (χ1v) is 4.16. The Morgan fingerprint density at radius 1 is 0.750 bits per heavy atom. The van der Waals surface area contributed by atoms with Crippen LogP contribution in [0.15, 0.2) is 0 Å². The fraction of sp³-hybridized carbons (Fsp3) is 1.00. The van der Waals surface area contributed by atoms with Gasteiger partial charge in [0.15, 0.2) is 0 Å². The van der Waals surface area contributed by atoms with E-state index >= 15 is 0 Å². The van der Waals surface area contributed by atoms with E-state index in [1.54, 1.807) is 21.3 Å². The molecule has 5 nitrogen and oxygen atoms in total. The van der Waals surface area contributed by atoms with E-state index in [-0.39, 0.29) is 23.1 Å². The van der Waals surface area contributed by atoms with Crippen LogP contribution >= 0.6 is 0 Å². The molecule has 0 amide bonds. The van der Waals surface area contributed by atoms with Crippen LogP contribution in [-0.4, -0.2) is 73.8 Å². The second-order valence-corrected chi connectivity index (χ2v) is 2.99. The van der Waals surface area contributed by atoms with Crippen molar-refractivity contribution in [3.63, 3.8) is 0 Å². The van der Waals surface area contributed by atoms with Gasteiger partial charge in [-0.05, 0) is 0 Å². The fourth-order valence-electron chi connectivity index (χ4n) is 0.289. The van der Waals surface area contributed by atoms with Crippen LogP contribution in [-0.2, 0) is 11.4 Å². The van der Waals surface area contributed by atoms with Gasteiger partial charge in [0, 0.05) is 21.3 Å². The first-order valence-electron chi connectivity index (χ1n) is 2.75. The van der Waals surface area contributed by atoms with Crippen LogP contribution in [0.5, 0.6) is 0 Å². The van der Waals surface area contributed by atoms with E-state index in [1.165, 1.54) is 0 Å². The molecule has 70 valence electrons. The van der Waals surface area contributed by atoms with Gasteiger partial charge in [0.25, 0.3) is 0 Å². The fourth-order valence-corrected chi connectivity index (χ4v) is 0.866. The van der Waals surface area contributed by atoms with Crippen molar-refractivity contribution in [3.05, 3.63) is 0 Å². The number of hydrogen-bond donors (Lipinski definition) is 0. The predicted molar refractivity (Wildman–Crippen MR) is 44.4 cm³/mol. The minimum atomic E-state index is -1.67. The molecule has 0 rings (SSSR count). The van der Waals surface area contributed by atoms with Crippen molar-refractivity contribution < 1.29 is 21.6 Å². The van der Waals surface area contributed by atoms with Gasteiger partial charge in [-0.1, -0.05) is 0 Å². The number of hydrogen-bond acceptors (Lipinski definition) is 5. The zero-order valence-corrected chi connectivity index (χ0v) is 10.9. The van der Waals surface area contributed by atoms with Crippen molar-refractivity contribution in [2.24, 2.45) is 0 Å². The first-order chi connectivity index (χ1) is 5.35. The van der Waals surface area contributed by atoms with Gasteiger partial charge in [0.1, 0.15) is 0 Å². The molecule has 0 saturated heterocycles. The van der Waals surface area contributed by atoms with Crippen LogP contribution in [0.25, 0.3) is 0 Å². The maximum absolute atomic E-state index is 8.25. The van der Waals surface area contributed by atoms with Crippen LogP contribution in [0.1, 0.15) is 0 Å². The Kier molecular flexibility index (Phi) is 57.1. The summed E-state index contributed by atoms with van der Waals surface area (Å²) in [5.74, 6) is 0. The first kappa shape index (κ1) is 23.2. The smallest absolute Gasteiger partial charge is 0.857 e. The Morgan fingerprint density at radius 2 is 0.917 bits per heavy atom. The predicted octanol–water partition coefficient (Wildman–Crippen LogP) is -2.52. The van der Waals surface area contributed by atoms with Crippen molar-refractivity contribution in [2.45, 2.75) is 0 Å². The van der Waals surface area contributed by atoms with Gasteiger partial charge in [-0.2, -0.15) is 14.2 Å². The van der Waals surface area contributed by atoms with Crippen LogP contribution in [0.2, 0.25) is 0 Å². The average Bonchev–Trinajstić information content (AvgIpc) is 2.14. The molecule has 0 aromatic rings. The Hall–Kier alpha value is 1.10. The Morgan fingerprint density at radius 3 is 0.917 bits per heavy atom. The van der Waals surface area contributed by atoms with Gasteiger partial charge in [0.05, 0.1) is 0 Å². The normalized spacial score (nSPS) is 6.25. The van der Waals surface area contributed by atoms with E-state index in [0.717, 1.165) is 14.2 Å². The Labute approximate surface area is 95.2 Å². The zero-order chi connectivity index (χ0) is 9.70. The summed E-state index contributed by atoms with van der Waals surface area (Å²) in [7, 11) is 6.22. The molecule has 0 aliphatic carbocycles. The second-order valence-electron chi connectivity index (χ2n) is 0.996. The summed E-state index contributed by atoms with van der Waals surface area (Å²) >= 11 is -1.67. The summed E-state index contributed by atoms with van der Waals surface area (Å²) in [4.78, 5) is 0. The largest absolute Gasteiger partial charge is 2.00 e. The molecule has 0 saturated carbocycles. The van der Waals surface area contributed by atoms with Crippen molar-refractivity contribution >= 4 is 38.2 Å². The van der Waals surface area contributed by atoms with Crippen LogP contribution in [0.4, 0.5) is 0 Å². The molecule has 0 aliphatic heterocycles. The van der Waals surface area contributed by atoms with Crippen molar-refractivity contribution in [1.29, 1.82) is 0 Å². The second kappa shape index (κ2) is 29.6. The number of rotatable bonds is 3. The summed E-state index contributed by atoms with van der Waals surface area (Å²) < 4.78 is 14.2. The maximum Gasteiger partial charge on any atom is 2.00 e. The molecule has 7 heteroatoms.